The van der Waals surface area contributed by atoms with Crippen LogP contribution in [0.3, 0.4) is 0 Å². The van der Waals surface area contributed by atoms with Crippen molar-refractivity contribution in [2.24, 2.45) is 4.74 Å². The Morgan fingerprint density at radius 3 is 2.50 bits per heavy atom. The first kappa shape index (κ1) is 11.4. The van der Waals surface area contributed by atoms with Gasteiger partial charge in [0.25, 0.3) is 0 Å². The third-order valence-electron chi connectivity index (χ3n) is 2.73. The third-order valence-corrected chi connectivity index (χ3v) is 4.23. The molecule has 2 heterocycles. The monoisotopic (exact) mass is 258 g/mol. The zero-order valence-electron chi connectivity index (χ0n) is 9.43. The van der Waals surface area contributed by atoms with Crippen molar-refractivity contribution in [3.63, 3.8) is 0 Å². The van der Waals surface area contributed by atoms with Crippen LogP contribution in [-0.2, 0) is 0 Å². The van der Waals surface area contributed by atoms with Gasteiger partial charge in [-0.3, -0.25) is 4.98 Å². The smallest absolute Gasteiger partial charge is 0.245 e. The van der Waals surface area contributed by atoms with Gasteiger partial charge in [0.2, 0.25) is 7.51 Å². The first-order valence-electron chi connectivity index (χ1n) is 5.47. The zero-order valence-corrected chi connectivity index (χ0v) is 10.3. The molecule has 1 aliphatic heterocycles. The Hall–Kier alpha value is -1.74. The number of hydrogen-bond donors (Lipinski definition) is 2. The lowest BCUT2D eigenvalue weighted by Gasteiger charge is -2.19. The minimum atomic E-state index is -3.48. The van der Waals surface area contributed by atoms with Crippen molar-refractivity contribution >= 4 is 24.6 Å². The van der Waals surface area contributed by atoms with Gasteiger partial charge in [-0.15, -0.1) is 0 Å². The van der Waals surface area contributed by atoms with Gasteiger partial charge in [0.05, 0.1) is 16.7 Å². The molecule has 0 unspecified atom stereocenters. The highest BCUT2D eigenvalue weighted by Crippen LogP contribution is 2.59. The molecular weight excluding hydrogens is 247 g/mol. The number of benzene rings is 1. The maximum atomic E-state index is 10.1. The van der Waals surface area contributed by atoms with E-state index in [4.69, 9.17) is 0 Å². The van der Waals surface area contributed by atoms with Crippen molar-refractivity contribution in [3.8, 4) is 0 Å². The van der Waals surface area contributed by atoms with Crippen LogP contribution in [0.2, 0.25) is 0 Å². The summed E-state index contributed by atoms with van der Waals surface area (Å²) in [6.45, 7) is 0. The quantitative estimate of drug-likeness (QED) is 0.771. The van der Waals surface area contributed by atoms with E-state index in [-0.39, 0.29) is 0 Å². The summed E-state index contributed by atoms with van der Waals surface area (Å²) in [4.78, 5) is 24.4. The predicted octanol–water partition coefficient (Wildman–Crippen LogP) is 3.24. The van der Waals surface area contributed by atoms with Crippen molar-refractivity contribution in [2.75, 3.05) is 0 Å². The Morgan fingerprint density at radius 1 is 0.944 bits per heavy atom. The molecule has 0 saturated heterocycles. The molecule has 2 aromatic rings. The molecule has 0 radical (unpaired) electrons. The second-order valence-corrected chi connectivity index (χ2v) is 5.79. The van der Waals surface area contributed by atoms with E-state index < -0.39 is 7.51 Å². The molecule has 4 nitrogen and oxygen atoms in total. The number of hydrogen-bond acceptors (Lipinski definition) is 2. The molecule has 0 saturated carbocycles. The van der Waals surface area contributed by atoms with E-state index in [0.29, 0.717) is 16.7 Å². The molecule has 5 heteroatoms. The number of pyridine rings is 1. The Balaban J connectivity index is 2.23. The maximum Gasteiger partial charge on any atom is 0.245 e. The van der Waals surface area contributed by atoms with Crippen LogP contribution >= 0.6 is 7.51 Å². The van der Waals surface area contributed by atoms with Crippen molar-refractivity contribution < 1.29 is 9.79 Å². The summed E-state index contributed by atoms with van der Waals surface area (Å²) in [6, 6.07) is 12.7. The lowest BCUT2D eigenvalue weighted by atomic mass is 10.1. The lowest BCUT2D eigenvalue weighted by molar-refractivity contribution is 0.481. The molecule has 18 heavy (non-hydrogen) atoms. The van der Waals surface area contributed by atoms with Crippen molar-refractivity contribution in [2.45, 2.75) is 0 Å². The molecule has 0 fully saturated rings. The van der Waals surface area contributed by atoms with Gasteiger partial charge in [-0.1, -0.05) is 24.3 Å². The first-order valence-corrected chi connectivity index (χ1v) is 7.12. The highest BCUT2D eigenvalue weighted by atomic mass is 31.2. The summed E-state index contributed by atoms with van der Waals surface area (Å²) < 4.78 is 4.05. The van der Waals surface area contributed by atoms with Crippen LogP contribution < -0.4 is 0 Å². The number of fused-ring (bicyclic) bond motifs is 1. The van der Waals surface area contributed by atoms with Crippen LogP contribution in [0, 0.1) is 0 Å². The van der Waals surface area contributed by atoms with Gasteiger partial charge in [0.1, 0.15) is 0 Å². The van der Waals surface area contributed by atoms with E-state index in [1.807, 2.05) is 24.3 Å². The van der Waals surface area contributed by atoms with Gasteiger partial charge in [0.15, 0.2) is 0 Å². The zero-order chi connectivity index (χ0) is 12.6. The lowest BCUT2D eigenvalue weighted by Crippen LogP contribution is -1.94. The fraction of sp³-hybridized carbons (Fsp3) is 0. The van der Waals surface area contributed by atoms with E-state index in [2.05, 4.69) is 9.73 Å². The molecule has 1 aliphatic rings. The van der Waals surface area contributed by atoms with Crippen LogP contribution in [0.5, 0.6) is 0 Å². The van der Waals surface area contributed by atoms with Gasteiger partial charge in [-0.2, -0.15) is 0 Å². The average molecular weight is 258 g/mol. The molecule has 0 aliphatic carbocycles. The fourth-order valence-corrected chi connectivity index (χ4v) is 3.22. The fourth-order valence-electron chi connectivity index (χ4n) is 1.88. The molecule has 0 amide bonds. The second kappa shape index (κ2) is 4.18. The molecule has 0 spiro atoms. The van der Waals surface area contributed by atoms with E-state index in [1.165, 1.54) is 0 Å². The number of nitrogens with zero attached hydrogens (tertiary/aromatic N) is 2. The highest BCUT2D eigenvalue weighted by Gasteiger charge is 2.25. The largest absolute Gasteiger partial charge is 0.336 e. The van der Waals surface area contributed by atoms with Gasteiger partial charge in [0, 0.05) is 11.8 Å². The number of aromatic nitrogens is 1. The summed E-state index contributed by atoms with van der Waals surface area (Å²) in [5.74, 6) is 0. The van der Waals surface area contributed by atoms with Gasteiger partial charge >= 0.3 is 0 Å². The Kier molecular flexibility index (Phi) is 2.63. The second-order valence-electron chi connectivity index (χ2n) is 3.97. The molecule has 3 rings (SSSR count). The SMILES string of the molecule is OP1(O)=Nc2ccccc2C=C1c1ccccn1. The van der Waals surface area contributed by atoms with Gasteiger partial charge in [-0.05, 0) is 24.3 Å². The Labute approximate surface area is 104 Å². The Bertz CT molecular complexity index is 674. The summed E-state index contributed by atoms with van der Waals surface area (Å²) >= 11 is 0. The van der Waals surface area contributed by atoms with Crippen LogP contribution in [-0.4, -0.2) is 14.8 Å². The average Bonchev–Trinajstić information content (AvgIpc) is 2.38. The van der Waals surface area contributed by atoms with E-state index in [0.717, 1.165) is 5.56 Å². The molecule has 90 valence electrons. The van der Waals surface area contributed by atoms with Crippen LogP contribution in [0.25, 0.3) is 11.4 Å². The third kappa shape index (κ3) is 1.91. The molecule has 1 aromatic heterocycles. The normalized spacial score (nSPS) is 16.4. The van der Waals surface area contributed by atoms with Crippen LogP contribution in [0.4, 0.5) is 5.69 Å². The van der Waals surface area contributed by atoms with E-state index in [9.17, 15) is 9.79 Å². The van der Waals surface area contributed by atoms with Crippen molar-refractivity contribution in [1.29, 1.82) is 0 Å². The molecule has 1 aromatic carbocycles. The number of rotatable bonds is 1. The van der Waals surface area contributed by atoms with Gasteiger partial charge < -0.3 is 9.79 Å². The summed E-state index contributed by atoms with van der Waals surface area (Å²) in [6.07, 6.45) is 3.37. The van der Waals surface area contributed by atoms with Crippen LogP contribution in [0.1, 0.15) is 11.3 Å². The summed E-state index contributed by atoms with van der Waals surface area (Å²) in [5.41, 5.74) is 2.03. The van der Waals surface area contributed by atoms with Crippen molar-refractivity contribution in [3.05, 3.63) is 59.9 Å². The summed E-state index contributed by atoms with van der Waals surface area (Å²) in [7, 11) is -3.48. The molecule has 0 atom stereocenters. The van der Waals surface area contributed by atoms with E-state index in [1.54, 1.807) is 30.5 Å². The summed E-state index contributed by atoms with van der Waals surface area (Å²) in [5, 5.41) is 0.391. The molecule has 0 bridgehead atoms. The first-order chi connectivity index (χ1) is 8.67. The highest BCUT2D eigenvalue weighted by molar-refractivity contribution is 7.66. The standard InChI is InChI=1S/C13H11N2O2P/c16-18(17)13(12-7-3-4-8-14-12)9-10-5-1-2-6-11(10)15-18/h1-9,16-17H. The molecule has 2 N–H and O–H groups in total. The minimum absolute atomic E-state index is 0.391. The molecular formula is C13H11N2O2P. The minimum Gasteiger partial charge on any atom is -0.336 e. The van der Waals surface area contributed by atoms with E-state index >= 15 is 0 Å². The predicted molar refractivity (Wildman–Crippen MR) is 72.0 cm³/mol. The van der Waals surface area contributed by atoms with Gasteiger partial charge in [-0.25, -0.2) is 4.74 Å². The van der Waals surface area contributed by atoms with Crippen molar-refractivity contribution in [1.82, 2.24) is 4.98 Å². The Morgan fingerprint density at radius 2 is 1.72 bits per heavy atom. The maximum absolute atomic E-state index is 10.1. The topological polar surface area (TPSA) is 65.7 Å². The van der Waals surface area contributed by atoms with Crippen LogP contribution in [0.15, 0.2) is 53.4 Å².